The van der Waals surface area contributed by atoms with Gasteiger partial charge < -0.3 is 4.74 Å². The molecule has 2 aliphatic heterocycles. The van der Waals surface area contributed by atoms with Gasteiger partial charge in [0.1, 0.15) is 0 Å². The highest BCUT2D eigenvalue weighted by molar-refractivity contribution is 7.89. The molecule has 0 radical (unpaired) electrons. The molecule has 1 aromatic rings. The molecule has 0 spiro atoms. The van der Waals surface area contributed by atoms with E-state index in [9.17, 15) is 8.42 Å². The fraction of sp³-hybridized carbons (Fsp3) is 0.667. The zero-order valence-electron chi connectivity index (χ0n) is 14.3. The van der Waals surface area contributed by atoms with Crippen LogP contribution in [0.1, 0.15) is 24.0 Å². The summed E-state index contributed by atoms with van der Waals surface area (Å²) in [5.74, 6) is 0.434. The third-order valence-corrected chi connectivity index (χ3v) is 7.74. The normalized spacial score (nSPS) is 29.0. The predicted octanol–water partition coefficient (Wildman–Crippen LogP) is 1.52. The summed E-state index contributed by atoms with van der Waals surface area (Å²) >= 11 is 0. The number of benzene rings is 1. The van der Waals surface area contributed by atoms with E-state index in [0.29, 0.717) is 23.9 Å². The van der Waals surface area contributed by atoms with Gasteiger partial charge >= 0.3 is 0 Å². The highest BCUT2D eigenvalue weighted by Gasteiger charge is 2.38. The van der Waals surface area contributed by atoms with Gasteiger partial charge in [0.2, 0.25) is 10.0 Å². The fourth-order valence-corrected chi connectivity index (χ4v) is 5.85. The van der Waals surface area contributed by atoms with Crippen molar-refractivity contribution in [3.8, 4) is 0 Å². The number of ether oxygens (including phenoxy) is 1. The summed E-state index contributed by atoms with van der Waals surface area (Å²) in [4.78, 5) is 2.73. The first-order valence-corrected chi connectivity index (χ1v) is 10.4. The number of sulfonamides is 1. The molecule has 0 N–H and O–H groups in total. The largest absolute Gasteiger partial charge is 0.380 e. The van der Waals surface area contributed by atoms with E-state index >= 15 is 0 Å². The Kier molecular flexibility index (Phi) is 4.41. The van der Waals surface area contributed by atoms with Gasteiger partial charge in [-0.2, -0.15) is 4.31 Å². The lowest BCUT2D eigenvalue weighted by Crippen LogP contribution is -2.53. The minimum Gasteiger partial charge on any atom is -0.380 e. The molecule has 1 aromatic carbocycles. The number of aryl methyl sites for hydroxylation is 2. The fourth-order valence-electron chi connectivity index (χ4n) is 4.33. The molecule has 132 valence electrons. The van der Waals surface area contributed by atoms with Crippen molar-refractivity contribution < 1.29 is 13.2 Å². The molecule has 0 saturated carbocycles. The number of likely N-dealkylation sites (N-methyl/N-ethyl adjacent to an activating group) is 1. The van der Waals surface area contributed by atoms with Crippen LogP contribution in [-0.2, 0) is 27.6 Å². The molecule has 2 fully saturated rings. The maximum Gasteiger partial charge on any atom is 0.243 e. The number of nitrogens with zero attached hydrogens (tertiary/aromatic N) is 2. The second-order valence-corrected chi connectivity index (χ2v) is 9.26. The average Bonchev–Trinajstić information content (AvgIpc) is 2.98. The van der Waals surface area contributed by atoms with E-state index in [0.717, 1.165) is 45.4 Å². The predicted molar refractivity (Wildman–Crippen MR) is 92.6 cm³/mol. The van der Waals surface area contributed by atoms with Crippen molar-refractivity contribution >= 4 is 10.0 Å². The summed E-state index contributed by atoms with van der Waals surface area (Å²) < 4.78 is 33.6. The lowest BCUT2D eigenvalue weighted by Gasteiger charge is -2.40. The van der Waals surface area contributed by atoms with E-state index in [4.69, 9.17) is 4.74 Å². The van der Waals surface area contributed by atoms with E-state index in [1.165, 1.54) is 11.1 Å². The first kappa shape index (κ1) is 16.5. The Morgan fingerprint density at radius 2 is 2.00 bits per heavy atom. The van der Waals surface area contributed by atoms with Crippen molar-refractivity contribution in [3.05, 3.63) is 29.3 Å². The molecular weight excluding hydrogens is 324 g/mol. The zero-order chi connectivity index (χ0) is 16.7. The van der Waals surface area contributed by atoms with Crippen LogP contribution in [0.4, 0.5) is 0 Å². The van der Waals surface area contributed by atoms with Crippen molar-refractivity contribution in [2.75, 3.05) is 39.9 Å². The van der Waals surface area contributed by atoms with Gasteiger partial charge in [-0.25, -0.2) is 8.42 Å². The monoisotopic (exact) mass is 350 g/mol. The molecule has 0 unspecified atom stereocenters. The molecule has 5 nitrogen and oxygen atoms in total. The number of piperidine rings is 1. The van der Waals surface area contributed by atoms with Gasteiger partial charge in [-0.05, 0) is 56.0 Å². The van der Waals surface area contributed by atoms with Crippen molar-refractivity contribution in [1.29, 1.82) is 0 Å². The molecule has 0 aromatic heterocycles. The summed E-state index contributed by atoms with van der Waals surface area (Å²) in [5, 5.41) is 0. The van der Waals surface area contributed by atoms with Gasteiger partial charge in [0.15, 0.2) is 0 Å². The third-order valence-electron chi connectivity index (χ3n) is 5.88. The minimum atomic E-state index is -3.40. The van der Waals surface area contributed by atoms with Crippen molar-refractivity contribution in [1.82, 2.24) is 9.21 Å². The summed E-state index contributed by atoms with van der Waals surface area (Å²) in [6.45, 7) is 3.53. The number of hydrogen-bond acceptors (Lipinski definition) is 4. The Balaban J connectivity index is 1.58. The summed E-state index contributed by atoms with van der Waals surface area (Å²) in [7, 11) is -1.32. The standard InChI is InChI=1S/C18H26N2O3S/c1-19-9-10-23-13-16-7-8-20(12-18(16)19)24(21,22)17-6-5-14-3-2-4-15(14)11-17/h5-6,11,16,18H,2-4,7-10,12-13H2,1H3/t16-,18-/m1/s1. The molecule has 1 aliphatic carbocycles. The minimum absolute atomic E-state index is 0.255. The van der Waals surface area contributed by atoms with Gasteiger partial charge in [-0.1, -0.05) is 6.07 Å². The van der Waals surface area contributed by atoms with Crippen LogP contribution in [0.3, 0.4) is 0 Å². The van der Waals surface area contributed by atoms with Crippen LogP contribution in [-0.4, -0.2) is 63.6 Å². The van der Waals surface area contributed by atoms with Crippen molar-refractivity contribution in [2.45, 2.75) is 36.6 Å². The number of fused-ring (bicyclic) bond motifs is 2. The van der Waals surface area contributed by atoms with E-state index in [2.05, 4.69) is 11.9 Å². The topological polar surface area (TPSA) is 49.9 Å². The van der Waals surface area contributed by atoms with Crippen LogP contribution < -0.4 is 0 Å². The lowest BCUT2D eigenvalue weighted by atomic mass is 9.93. The van der Waals surface area contributed by atoms with Crippen LogP contribution in [0.5, 0.6) is 0 Å². The van der Waals surface area contributed by atoms with Gasteiger partial charge in [0.05, 0.1) is 18.1 Å². The third kappa shape index (κ3) is 2.90. The smallest absolute Gasteiger partial charge is 0.243 e. The quantitative estimate of drug-likeness (QED) is 0.811. The molecule has 24 heavy (non-hydrogen) atoms. The maximum atomic E-state index is 13.1. The molecule has 6 heteroatoms. The highest BCUT2D eigenvalue weighted by Crippen LogP contribution is 2.30. The SMILES string of the molecule is CN1CCOC[C@H]2CCN(S(=O)(=O)c3ccc4c(c3)CCC4)C[C@H]21. The Hall–Kier alpha value is -0.950. The van der Waals surface area contributed by atoms with Crippen LogP contribution in [0.2, 0.25) is 0 Å². The van der Waals surface area contributed by atoms with Crippen LogP contribution in [0.25, 0.3) is 0 Å². The Morgan fingerprint density at radius 1 is 1.17 bits per heavy atom. The zero-order valence-corrected chi connectivity index (χ0v) is 15.1. The molecular formula is C18H26N2O3S. The van der Waals surface area contributed by atoms with Crippen molar-refractivity contribution in [2.24, 2.45) is 5.92 Å². The van der Waals surface area contributed by atoms with Crippen LogP contribution in [0.15, 0.2) is 23.1 Å². The summed E-state index contributed by atoms with van der Waals surface area (Å²) in [6, 6.07) is 5.97. The Bertz CT molecular complexity index is 719. The van der Waals surface area contributed by atoms with Gasteiger partial charge in [0.25, 0.3) is 0 Å². The maximum absolute atomic E-state index is 13.1. The van der Waals surface area contributed by atoms with Gasteiger partial charge in [0, 0.05) is 31.6 Å². The second-order valence-electron chi connectivity index (χ2n) is 7.32. The second kappa shape index (κ2) is 6.41. The molecule has 4 rings (SSSR count). The molecule has 2 heterocycles. The Morgan fingerprint density at radius 3 is 2.88 bits per heavy atom. The Labute approximate surface area is 144 Å². The van der Waals surface area contributed by atoms with E-state index in [1.807, 2.05) is 12.1 Å². The first-order chi connectivity index (χ1) is 11.6. The average molecular weight is 350 g/mol. The van der Waals surface area contributed by atoms with Crippen LogP contribution >= 0.6 is 0 Å². The molecule has 2 atom stereocenters. The highest BCUT2D eigenvalue weighted by atomic mass is 32.2. The molecule has 3 aliphatic rings. The van der Waals surface area contributed by atoms with Gasteiger partial charge in [-0.3, -0.25) is 4.90 Å². The van der Waals surface area contributed by atoms with E-state index in [1.54, 1.807) is 10.4 Å². The van der Waals surface area contributed by atoms with Crippen LogP contribution in [0, 0.1) is 5.92 Å². The van der Waals surface area contributed by atoms with Crippen molar-refractivity contribution in [3.63, 3.8) is 0 Å². The van der Waals surface area contributed by atoms with E-state index < -0.39 is 10.0 Å². The lowest BCUT2D eigenvalue weighted by molar-refractivity contribution is 0.0859. The van der Waals surface area contributed by atoms with Gasteiger partial charge in [-0.15, -0.1) is 0 Å². The van der Waals surface area contributed by atoms with E-state index in [-0.39, 0.29) is 6.04 Å². The molecule has 2 saturated heterocycles. The summed E-state index contributed by atoms with van der Waals surface area (Å²) in [5.41, 5.74) is 2.53. The summed E-state index contributed by atoms with van der Waals surface area (Å²) in [6.07, 6.45) is 4.09. The first-order valence-electron chi connectivity index (χ1n) is 8.95. The number of hydrogen-bond donors (Lipinski definition) is 0. The molecule has 0 amide bonds. The number of rotatable bonds is 2. The molecule has 0 bridgehead atoms.